The molecule has 3 heterocycles. The number of nitrogens with two attached hydrogens (primary N) is 1. The first kappa shape index (κ1) is 23.4. The van der Waals surface area contributed by atoms with Gasteiger partial charge >= 0.3 is 0 Å². The average molecular weight is 456 g/mol. The molecule has 33 heavy (non-hydrogen) atoms. The second kappa shape index (κ2) is 11.4. The molecule has 1 atom stereocenters. The fourth-order valence-corrected chi connectivity index (χ4v) is 4.64. The first-order chi connectivity index (χ1) is 16.1. The number of rotatable bonds is 6. The van der Waals surface area contributed by atoms with E-state index in [9.17, 15) is 9.18 Å². The number of hydrogen-bond acceptors (Lipinski definition) is 5. The maximum atomic E-state index is 12.7. The number of halogens is 1. The van der Waals surface area contributed by atoms with Gasteiger partial charge in [-0.1, -0.05) is 6.07 Å². The van der Waals surface area contributed by atoms with Crippen LogP contribution in [-0.4, -0.2) is 56.7 Å². The molecular weight excluding hydrogens is 421 g/mol. The minimum absolute atomic E-state index is 0.0740. The average Bonchev–Trinajstić information content (AvgIpc) is 3.53. The highest BCUT2D eigenvalue weighted by Crippen LogP contribution is 2.31. The number of nitrogens with zero attached hydrogens (tertiary/aromatic N) is 2. The van der Waals surface area contributed by atoms with E-state index < -0.39 is 0 Å². The molecule has 2 aromatic rings. The molecule has 2 saturated heterocycles. The molecule has 2 aromatic carbocycles. The van der Waals surface area contributed by atoms with E-state index in [0.717, 1.165) is 36.6 Å². The van der Waals surface area contributed by atoms with Crippen molar-refractivity contribution in [3.05, 3.63) is 53.8 Å². The standard InChI is InChI=1S/C15H21NO2.C11H13FN2O/c1-2-8-16(7-1)9-3-4-13-5-6-14-15(12-13)18-11-10-17-14;12-9-1-3-10(4-2-9)14-6-5-8(7-14)11(13)15/h5-6,12H,1-4,7-11H2;1-4,8H,5-7H2,(H2,13,15). The zero-order valence-corrected chi connectivity index (χ0v) is 19.2. The van der Waals surface area contributed by atoms with E-state index >= 15 is 0 Å². The van der Waals surface area contributed by atoms with Gasteiger partial charge in [0.2, 0.25) is 5.91 Å². The second-order valence-corrected chi connectivity index (χ2v) is 8.94. The van der Waals surface area contributed by atoms with Gasteiger partial charge in [0.25, 0.3) is 0 Å². The molecule has 3 aliphatic rings. The lowest BCUT2D eigenvalue weighted by Gasteiger charge is -2.19. The van der Waals surface area contributed by atoms with Crippen molar-refractivity contribution in [2.24, 2.45) is 11.7 Å². The Morgan fingerprint density at radius 1 is 1.00 bits per heavy atom. The zero-order valence-electron chi connectivity index (χ0n) is 19.2. The zero-order chi connectivity index (χ0) is 23.0. The smallest absolute Gasteiger partial charge is 0.222 e. The number of primary amides is 1. The Bertz CT molecular complexity index is 915. The number of ether oxygens (including phenoxy) is 2. The molecular formula is C26H34FN3O3. The van der Waals surface area contributed by atoms with Crippen molar-refractivity contribution >= 4 is 11.6 Å². The van der Waals surface area contributed by atoms with Crippen LogP contribution in [0.5, 0.6) is 11.5 Å². The van der Waals surface area contributed by atoms with Gasteiger partial charge in [0, 0.05) is 18.8 Å². The van der Waals surface area contributed by atoms with Gasteiger partial charge in [0.05, 0.1) is 5.92 Å². The molecule has 0 bridgehead atoms. The number of hydrogen-bond donors (Lipinski definition) is 1. The van der Waals surface area contributed by atoms with Gasteiger partial charge in [0.1, 0.15) is 19.0 Å². The Kier molecular flexibility index (Phi) is 8.05. The van der Waals surface area contributed by atoms with E-state index in [0.29, 0.717) is 19.8 Å². The summed E-state index contributed by atoms with van der Waals surface area (Å²) in [5, 5.41) is 0. The van der Waals surface area contributed by atoms with Crippen molar-refractivity contribution in [1.29, 1.82) is 0 Å². The summed E-state index contributed by atoms with van der Waals surface area (Å²) in [4.78, 5) is 15.6. The van der Waals surface area contributed by atoms with Crippen molar-refractivity contribution in [2.75, 3.05) is 50.8 Å². The third kappa shape index (κ3) is 6.60. The summed E-state index contributed by atoms with van der Waals surface area (Å²) in [6.45, 7) is 6.60. The summed E-state index contributed by atoms with van der Waals surface area (Å²) < 4.78 is 23.8. The summed E-state index contributed by atoms with van der Waals surface area (Å²) in [7, 11) is 0. The molecule has 0 spiro atoms. The van der Waals surface area contributed by atoms with Crippen LogP contribution in [0.3, 0.4) is 0 Å². The summed E-state index contributed by atoms with van der Waals surface area (Å²) >= 11 is 0. The summed E-state index contributed by atoms with van der Waals surface area (Å²) in [5.74, 6) is 1.24. The Morgan fingerprint density at radius 3 is 2.42 bits per heavy atom. The van der Waals surface area contributed by atoms with E-state index in [-0.39, 0.29) is 17.6 Å². The number of carbonyl (C=O) groups is 1. The molecule has 0 aliphatic carbocycles. The van der Waals surface area contributed by atoms with Crippen LogP contribution >= 0.6 is 0 Å². The predicted molar refractivity (Wildman–Crippen MR) is 127 cm³/mol. The maximum absolute atomic E-state index is 12.7. The van der Waals surface area contributed by atoms with Crippen LogP contribution in [0.4, 0.5) is 10.1 Å². The number of benzene rings is 2. The van der Waals surface area contributed by atoms with Crippen molar-refractivity contribution in [3.63, 3.8) is 0 Å². The molecule has 2 fully saturated rings. The van der Waals surface area contributed by atoms with Crippen molar-refractivity contribution in [2.45, 2.75) is 32.1 Å². The van der Waals surface area contributed by atoms with Gasteiger partial charge < -0.3 is 25.0 Å². The van der Waals surface area contributed by atoms with Gasteiger partial charge in [0.15, 0.2) is 11.5 Å². The van der Waals surface area contributed by atoms with Crippen LogP contribution in [0, 0.1) is 11.7 Å². The first-order valence-electron chi connectivity index (χ1n) is 12.0. The molecule has 3 aliphatic heterocycles. The highest BCUT2D eigenvalue weighted by Gasteiger charge is 2.26. The normalized spacial score (nSPS) is 19.8. The molecule has 0 radical (unpaired) electrons. The largest absolute Gasteiger partial charge is 0.486 e. The third-order valence-corrected chi connectivity index (χ3v) is 6.53. The van der Waals surface area contributed by atoms with Crippen LogP contribution in [0.15, 0.2) is 42.5 Å². The van der Waals surface area contributed by atoms with E-state index in [1.807, 2.05) is 6.07 Å². The number of anilines is 1. The van der Waals surface area contributed by atoms with E-state index in [2.05, 4.69) is 21.9 Å². The lowest BCUT2D eigenvalue weighted by Crippen LogP contribution is -2.27. The van der Waals surface area contributed by atoms with Gasteiger partial charge in [-0.3, -0.25) is 4.79 Å². The Labute approximate surface area is 195 Å². The third-order valence-electron chi connectivity index (χ3n) is 6.53. The highest BCUT2D eigenvalue weighted by atomic mass is 19.1. The van der Waals surface area contributed by atoms with E-state index in [1.54, 1.807) is 12.1 Å². The summed E-state index contributed by atoms with van der Waals surface area (Å²) in [6.07, 6.45) is 5.91. The van der Waals surface area contributed by atoms with Crippen LogP contribution in [-0.2, 0) is 11.2 Å². The van der Waals surface area contributed by atoms with Crippen LogP contribution in [0.2, 0.25) is 0 Å². The van der Waals surface area contributed by atoms with Crippen molar-refractivity contribution < 1.29 is 18.7 Å². The molecule has 1 unspecified atom stereocenters. The Morgan fingerprint density at radius 2 is 1.73 bits per heavy atom. The Balaban J connectivity index is 0.000000160. The van der Waals surface area contributed by atoms with Gasteiger partial charge in [-0.05, 0) is 93.7 Å². The number of carbonyl (C=O) groups excluding carboxylic acids is 1. The lowest BCUT2D eigenvalue weighted by atomic mass is 10.1. The second-order valence-electron chi connectivity index (χ2n) is 8.94. The molecule has 1 amide bonds. The fraction of sp³-hybridized carbons (Fsp3) is 0.500. The molecule has 0 saturated carbocycles. The van der Waals surface area contributed by atoms with Crippen LogP contribution < -0.4 is 20.1 Å². The van der Waals surface area contributed by atoms with Gasteiger partial charge in [-0.15, -0.1) is 0 Å². The highest BCUT2D eigenvalue weighted by molar-refractivity contribution is 5.78. The van der Waals surface area contributed by atoms with Crippen LogP contribution in [0.1, 0.15) is 31.2 Å². The monoisotopic (exact) mass is 455 g/mol. The minimum Gasteiger partial charge on any atom is -0.486 e. The first-order valence-corrected chi connectivity index (χ1v) is 12.0. The van der Waals surface area contributed by atoms with Crippen LogP contribution in [0.25, 0.3) is 0 Å². The maximum Gasteiger partial charge on any atom is 0.222 e. The Hall–Kier alpha value is -2.80. The molecule has 178 valence electrons. The number of aryl methyl sites for hydroxylation is 1. The number of fused-ring (bicyclic) bond motifs is 1. The SMILES string of the molecule is NC(=O)C1CCN(c2ccc(F)cc2)C1.c1cc2c(cc1CCCN1CCCC1)OCCO2. The predicted octanol–water partition coefficient (Wildman–Crippen LogP) is 3.62. The molecule has 2 N–H and O–H groups in total. The minimum atomic E-state index is -0.250. The molecule has 7 heteroatoms. The molecule has 0 aromatic heterocycles. The van der Waals surface area contributed by atoms with Gasteiger partial charge in [-0.25, -0.2) is 4.39 Å². The number of amides is 1. The topological polar surface area (TPSA) is 68.0 Å². The summed E-state index contributed by atoms with van der Waals surface area (Å²) in [5.41, 5.74) is 7.54. The summed E-state index contributed by atoms with van der Waals surface area (Å²) in [6, 6.07) is 12.6. The number of likely N-dealkylation sites (tertiary alicyclic amines) is 1. The van der Waals surface area contributed by atoms with Crippen molar-refractivity contribution in [1.82, 2.24) is 4.90 Å². The molecule has 5 rings (SSSR count). The molecule has 6 nitrogen and oxygen atoms in total. The van der Waals surface area contributed by atoms with E-state index in [1.165, 1.54) is 56.6 Å². The fourth-order valence-electron chi connectivity index (χ4n) is 4.64. The lowest BCUT2D eigenvalue weighted by molar-refractivity contribution is -0.121. The van der Waals surface area contributed by atoms with E-state index in [4.69, 9.17) is 15.2 Å². The quantitative estimate of drug-likeness (QED) is 0.721. The van der Waals surface area contributed by atoms with Crippen molar-refractivity contribution in [3.8, 4) is 11.5 Å². The van der Waals surface area contributed by atoms with Gasteiger partial charge in [-0.2, -0.15) is 0 Å².